The number of benzene rings is 2. The Morgan fingerprint density at radius 3 is 2.67 bits per heavy atom. The highest BCUT2D eigenvalue weighted by Gasteiger charge is 2.04. The molecule has 3 N–H and O–H groups in total. The van der Waals surface area contributed by atoms with E-state index in [-0.39, 0.29) is 12.5 Å². The molecule has 0 atom stereocenters. The Balaban J connectivity index is 1.88. The summed E-state index contributed by atoms with van der Waals surface area (Å²) in [6.07, 6.45) is 0. The van der Waals surface area contributed by atoms with Crippen LogP contribution in [-0.2, 0) is 11.3 Å². The molecule has 0 heterocycles. The van der Waals surface area contributed by atoms with Crippen LogP contribution in [0.4, 0.5) is 5.69 Å². The molecule has 0 aliphatic carbocycles. The van der Waals surface area contributed by atoms with Crippen molar-refractivity contribution in [2.24, 2.45) is 5.73 Å². The fourth-order valence-corrected chi connectivity index (χ4v) is 1.73. The van der Waals surface area contributed by atoms with Crippen LogP contribution in [0.3, 0.4) is 0 Å². The van der Waals surface area contributed by atoms with Crippen molar-refractivity contribution in [2.75, 3.05) is 11.9 Å². The Labute approximate surface area is 123 Å². The van der Waals surface area contributed by atoms with Crippen molar-refractivity contribution in [3.05, 3.63) is 59.7 Å². The molecule has 5 heteroatoms. The van der Waals surface area contributed by atoms with E-state index in [1.807, 2.05) is 18.2 Å². The number of rotatable bonds is 5. The zero-order valence-corrected chi connectivity index (χ0v) is 11.4. The largest absolute Gasteiger partial charge is 0.484 e. The van der Waals surface area contributed by atoms with E-state index in [1.165, 1.54) is 0 Å². The van der Waals surface area contributed by atoms with Gasteiger partial charge in [0.1, 0.15) is 5.75 Å². The molecule has 2 aromatic rings. The molecule has 21 heavy (non-hydrogen) atoms. The summed E-state index contributed by atoms with van der Waals surface area (Å²) in [5.41, 5.74) is 7.57. The standard InChI is InChI=1S/C16H15N3O2/c17-9-12-4-6-15(7-5-12)21-11-16(20)19-14-3-1-2-13(8-14)10-18/h1-8H,9,11,17H2,(H,19,20). The van der Waals surface area contributed by atoms with Gasteiger partial charge in [0, 0.05) is 12.2 Å². The lowest BCUT2D eigenvalue weighted by atomic mass is 10.2. The SMILES string of the molecule is N#Cc1cccc(NC(=O)COc2ccc(CN)cc2)c1. The second kappa shape index (κ2) is 7.08. The Morgan fingerprint density at radius 2 is 2.00 bits per heavy atom. The minimum absolute atomic E-state index is 0.0985. The number of nitrogens with two attached hydrogens (primary N) is 1. The first-order valence-electron chi connectivity index (χ1n) is 6.43. The summed E-state index contributed by atoms with van der Waals surface area (Å²) in [4.78, 5) is 11.8. The molecule has 0 aromatic heterocycles. The van der Waals surface area contributed by atoms with Crippen molar-refractivity contribution >= 4 is 11.6 Å². The van der Waals surface area contributed by atoms with E-state index in [4.69, 9.17) is 15.7 Å². The number of nitrogens with zero attached hydrogens (tertiary/aromatic N) is 1. The molecule has 106 valence electrons. The van der Waals surface area contributed by atoms with Gasteiger partial charge in [-0.05, 0) is 35.9 Å². The first-order valence-corrected chi connectivity index (χ1v) is 6.43. The Kier molecular flexibility index (Phi) is 4.91. The molecular formula is C16H15N3O2. The van der Waals surface area contributed by atoms with E-state index in [0.29, 0.717) is 23.5 Å². The summed E-state index contributed by atoms with van der Waals surface area (Å²) in [6.45, 7) is 0.370. The zero-order valence-electron chi connectivity index (χ0n) is 11.4. The van der Waals surface area contributed by atoms with E-state index >= 15 is 0 Å². The summed E-state index contributed by atoms with van der Waals surface area (Å²) in [6, 6.07) is 16.0. The molecule has 0 unspecified atom stereocenters. The highest BCUT2D eigenvalue weighted by molar-refractivity contribution is 5.92. The molecule has 1 amide bonds. The van der Waals surface area contributed by atoms with Crippen LogP contribution in [0.1, 0.15) is 11.1 Å². The van der Waals surface area contributed by atoms with Crippen LogP contribution >= 0.6 is 0 Å². The van der Waals surface area contributed by atoms with E-state index < -0.39 is 0 Å². The van der Waals surface area contributed by atoms with Crippen LogP contribution in [0, 0.1) is 11.3 Å². The topological polar surface area (TPSA) is 88.1 Å². The van der Waals surface area contributed by atoms with Crippen molar-refractivity contribution in [2.45, 2.75) is 6.54 Å². The third kappa shape index (κ3) is 4.34. The highest BCUT2D eigenvalue weighted by Crippen LogP contribution is 2.13. The van der Waals surface area contributed by atoms with Gasteiger partial charge in [0.2, 0.25) is 0 Å². The van der Waals surface area contributed by atoms with Gasteiger partial charge in [-0.2, -0.15) is 5.26 Å². The van der Waals surface area contributed by atoms with Crippen molar-refractivity contribution in [1.82, 2.24) is 0 Å². The summed E-state index contributed by atoms with van der Waals surface area (Å²) < 4.78 is 5.38. The summed E-state index contributed by atoms with van der Waals surface area (Å²) >= 11 is 0. The lowest BCUT2D eigenvalue weighted by Crippen LogP contribution is -2.20. The second-order valence-electron chi connectivity index (χ2n) is 4.38. The number of hydrogen-bond donors (Lipinski definition) is 2. The predicted octanol–water partition coefficient (Wildman–Crippen LogP) is 2.03. The molecular weight excluding hydrogens is 266 g/mol. The van der Waals surface area contributed by atoms with Gasteiger partial charge in [-0.15, -0.1) is 0 Å². The molecule has 0 bridgehead atoms. The third-order valence-electron chi connectivity index (χ3n) is 2.80. The summed E-state index contributed by atoms with van der Waals surface area (Å²) in [5.74, 6) is 0.320. The summed E-state index contributed by atoms with van der Waals surface area (Å²) in [7, 11) is 0. The normalized spacial score (nSPS) is 9.71. The van der Waals surface area contributed by atoms with Gasteiger partial charge >= 0.3 is 0 Å². The highest BCUT2D eigenvalue weighted by atomic mass is 16.5. The number of nitrogens with one attached hydrogen (secondary N) is 1. The number of hydrogen-bond acceptors (Lipinski definition) is 4. The first-order chi connectivity index (χ1) is 10.2. The molecule has 0 radical (unpaired) electrons. The minimum atomic E-state index is -0.284. The Morgan fingerprint density at radius 1 is 1.24 bits per heavy atom. The predicted molar refractivity (Wildman–Crippen MR) is 79.6 cm³/mol. The van der Waals surface area contributed by atoms with Crippen LogP contribution in [-0.4, -0.2) is 12.5 Å². The van der Waals surface area contributed by atoms with Gasteiger partial charge in [-0.25, -0.2) is 0 Å². The van der Waals surface area contributed by atoms with Crippen LogP contribution < -0.4 is 15.8 Å². The molecule has 0 saturated heterocycles. The van der Waals surface area contributed by atoms with Gasteiger partial charge in [0.15, 0.2) is 6.61 Å². The van der Waals surface area contributed by atoms with Crippen molar-refractivity contribution in [3.63, 3.8) is 0 Å². The lowest BCUT2D eigenvalue weighted by Gasteiger charge is -2.08. The van der Waals surface area contributed by atoms with Gasteiger partial charge < -0.3 is 15.8 Å². The molecule has 0 aliphatic rings. The third-order valence-corrected chi connectivity index (χ3v) is 2.80. The Bertz CT molecular complexity index is 660. The molecule has 2 aromatic carbocycles. The van der Waals surface area contributed by atoms with Crippen LogP contribution in [0.15, 0.2) is 48.5 Å². The Hall–Kier alpha value is -2.84. The fraction of sp³-hybridized carbons (Fsp3) is 0.125. The number of nitriles is 1. The fourth-order valence-electron chi connectivity index (χ4n) is 1.73. The number of carbonyl (C=O) groups excluding carboxylic acids is 1. The van der Waals surface area contributed by atoms with Gasteiger partial charge in [0.25, 0.3) is 5.91 Å². The molecule has 0 saturated carbocycles. The van der Waals surface area contributed by atoms with Crippen molar-refractivity contribution in [1.29, 1.82) is 5.26 Å². The first kappa shape index (κ1) is 14.6. The smallest absolute Gasteiger partial charge is 0.262 e. The minimum Gasteiger partial charge on any atom is -0.484 e. The molecule has 0 fully saturated rings. The van der Waals surface area contributed by atoms with E-state index in [2.05, 4.69) is 5.32 Å². The van der Waals surface area contributed by atoms with Gasteiger partial charge in [0.05, 0.1) is 11.6 Å². The monoisotopic (exact) mass is 281 g/mol. The van der Waals surface area contributed by atoms with E-state index in [1.54, 1.807) is 36.4 Å². The van der Waals surface area contributed by atoms with Gasteiger partial charge in [-0.1, -0.05) is 18.2 Å². The maximum atomic E-state index is 11.8. The van der Waals surface area contributed by atoms with E-state index in [0.717, 1.165) is 5.56 Å². The molecule has 2 rings (SSSR count). The number of carbonyl (C=O) groups is 1. The average Bonchev–Trinajstić information content (AvgIpc) is 2.53. The molecule has 5 nitrogen and oxygen atoms in total. The number of anilines is 1. The van der Waals surface area contributed by atoms with Crippen LogP contribution in [0.25, 0.3) is 0 Å². The molecule has 0 aliphatic heterocycles. The maximum absolute atomic E-state index is 11.8. The zero-order chi connectivity index (χ0) is 15.1. The maximum Gasteiger partial charge on any atom is 0.262 e. The number of ether oxygens (including phenoxy) is 1. The van der Waals surface area contributed by atoms with Gasteiger partial charge in [-0.3, -0.25) is 4.79 Å². The second-order valence-corrected chi connectivity index (χ2v) is 4.38. The number of amides is 1. The van der Waals surface area contributed by atoms with Crippen LogP contribution in [0.5, 0.6) is 5.75 Å². The average molecular weight is 281 g/mol. The van der Waals surface area contributed by atoms with Crippen molar-refractivity contribution < 1.29 is 9.53 Å². The molecule has 0 spiro atoms. The van der Waals surface area contributed by atoms with E-state index in [9.17, 15) is 4.79 Å². The lowest BCUT2D eigenvalue weighted by molar-refractivity contribution is -0.118. The summed E-state index contributed by atoms with van der Waals surface area (Å²) in [5, 5.41) is 11.5. The van der Waals surface area contributed by atoms with Crippen LogP contribution in [0.2, 0.25) is 0 Å². The quantitative estimate of drug-likeness (QED) is 0.877. The van der Waals surface area contributed by atoms with Crippen molar-refractivity contribution in [3.8, 4) is 11.8 Å².